The fourth-order valence-electron chi connectivity index (χ4n) is 1.02. The molecule has 0 atom stereocenters. The Morgan fingerprint density at radius 2 is 1.81 bits per heavy atom. The summed E-state index contributed by atoms with van der Waals surface area (Å²) in [5.74, 6) is -0.964. The number of nitrogens with zero attached hydrogens (tertiary/aromatic N) is 2. The second kappa shape index (κ2) is 5.40. The summed E-state index contributed by atoms with van der Waals surface area (Å²) in [5, 5.41) is 8.64. The molecule has 84 valence electrons. The molecule has 0 radical (unpaired) electrons. The fourth-order valence-corrected chi connectivity index (χ4v) is 1.02. The van der Waals surface area contributed by atoms with Gasteiger partial charge in [0.05, 0.1) is 11.6 Å². The fraction of sp³-hybridized carbons (Fsp3) is 0.333. The Morgan fingerprint density at radius 3 is 2.25 bits per heavy atom. The van der Waals surface area contributed by atoms with Gasteiger partial charge < -0.3 is 9.47 Å². The molecule has 1 aromatic carbocycles. The molecule has 4 heteroatoms. The summed E-state index contributed by atoms with van der Waals surface area (Å²) in [6.07, 6.45) is 1.65. The molecule has 0 aliphatic rings. The molecule has 0 saturated heterocycles. The number of methoxy groups -OCH3 is 2. The van der Waals surface area contributed by atoms with Crippen molar-refractivity contribution in [1.82, 2.24) is 0 Å². The zero-order valence-electron chi connectivity index (χ0n) is 9.60. The van der Waals surface area contributed by atoms with Gasteiger partial charge in [-0.2, -0.15) is 5.26 Å². The maximum atomic E-state index is 8.64. The molecule has 0 saturated carbocycles. The van der Waals surface area contributed by atoms with Crippen molar-refractivity contribution in [3.05, 3.63) is 35.4 Å². The van der Waals surface area contributed by atoms with E-state index in [4.69, 9.17) is 14.7 Å². The first-order chi connectivity index (χ1) is 7.63. The lowest BCUT2D eigenvalue weighted by atomic mass is 10.2. The van der Waals surface area contributed by atoms with Gasteiger partial charge in [-0.05, 0) is 17.7 Å². The molecular formula is C12H14N2O2. The van der Waals surface area contributed by atoms with E-state index in [9.17, 15) is 0 Å². The summed E-state index contributed by atoms with van der Waals surface area (Å²) < 4.78 is 10.2. The molecule has 0 N–H and O–H groups in total. The van der Waals surface area contributed by atoms with Crippen LogP contribution in [0, 0.1) is 11.3 Å². The lowest BCUT2D eigenvalue weighted by molar-refractivity contribution is -0.185. The number of benzene rings is 1. The van der Waals surface area contributed by atoms with E-state index in [2.05, 4.69) is 11.1 Å². The predicted octanol–water partition coefficient (Wildman–Crippen LogP) is 1.94. The largest absolute Gasteiger partial charge is 0.335 e. The highest BCUT2D eigenvalue weighted by atomic mass is 16.7. The highest BCUT2D eigenvalue weighted by Gasteiger charge is 2.19. The van der Waals surface area contributed by atoms with Crippen LogP contribution in [0.25, 0.3) is 0 Å². The van der Waals surface area contributed by atoms with Gasteiger partial charge in [0.1, 0.15) is 0 Å². The van der Waals surface area contributed by atoms with Gasteiger partial charge in [0.25, 0.3) is 5.91 Å². The number of hydrogen-bond acceptors (Lipinski definition) is 4. The summed E-state index contributed by atoms with van der Waals surface area (Å²) in [7, 11) is 3.05. The van der Waals surface area contributed by atoms with Crippen LogP contribution in [0.3, 0.4) is 0 Å². The Bertz CT molecular complexity index is 400. The van der Waals surface area contributed by atoms with E-state index >= 15 is 0 Å². The molecule has 0 amide bonds. The SMILES string of the molecule is COC(C)(/N=C/c1ccc(C#N)cc1)OC. The van der Waals surface area contributed by atoms with E-state index in [1.54, 1.807) is 25.3 Å². The van der Waals surface area contributed by atoms with E-state index in [1.165, 1.54) is 14.2 Å². The molecule has 0 fully saturated rings. The van der Waals surface area contributed by atoms with Crippen molar-refractivity contribution in [3.8, 4) is 6.07 Å². The maximum absolute atomic E-state index is 8.64. The van der Waals surface area contributed by atoms with E-state index in [1.807, 2.05) is 12.1 Å². The van der Waals surface area contributed by atoms with Crippen LogP contribution in [0.4, 0.5) is 0 Å². The van der Waals surface area contributed by atoms with Crippen LogP contribution >= 0.6 is 0 Å². The van der Waals surface area contributed by atoms with Crippen LogP contribution in [0.2, 0.25) is 0 Å². The average Bonchev–Trinajstić information content (AvgIpc) is 2.36. The molecule has 4 nitrogen and oxygen atoms in total. The first-order valence-corrected chi connectivity index (χ1v) is 4.79. The summed E-state index contributed by atoms with van der Waals surface area (Å²) >= 11 is 0. The lowest BCUT2D eigenvalue weighted by Crippen LogP contribution is -2.26. The van der Waals surface area contributed by atoms with Gasteiger partial charge in [-0.15, -0.1) is 0 Å². The number of aliphatic imine (C=N–C) groups is 1. The van der Waals surface area contributed by atoms with Gasteiger partial charge in [0.15, 0.2) is 0 Å². The Labute approximate surface area is 95.1 Å². The van der Waals surface area contributed by atoms with Crippen LogP contribution in [0.1, 0.15) is 18.1 Å². The molecule has 0 aromatic heterocycles. The minimum Gasteiger partial charge on any atom is -0.335 e. The third kappa shape index (κ3) is 3.16. The smallest absolute Gasteiger partial charge is 0.265 e. The van der Waals surface area contributed by atoms with E-state index in [0.717, 1.165) is 5.56 Å². The lowest BCUT2D eigenvalue weighted by Gasteiger charge is -2.20. The normalized spacial score (nSPS) is 11.6. The van der Waals surface area contributed by atoms with Crippen molar-refractivity contribution in [2.24, 2.45) is 4.99 Å². The minimum atomic E-state index is -0.964. The Balaban J connectivity index is 2.80. The highest BCUT2D eigenvalue weighted by Crippen LogP contribution is 2.11. The van der Waals surface area contributed by atoms with Crippen molar-refractivity contribution < 1.29 is 9.47 Å². The van der Waals surface area contributed by atoms with E-state index in [0.29, 0.717) is 5.56 Å². The quantitative estimate of drug-likeness (QED) is 0.573. The molecule has 1 aromatic rings. The van der Waals surface area contributed by atoms with Crippen LogP contribution in [-0.4, -0.2) is 26.3 Å². The molecule has 0 spiro atoms. The van der Waals surface area contributed by atoms with Crippen molar-refractivity contribution >= 4 is 6.21 Å². The predicted molar refractivity (Wildman–Crippen MR) is 61.2 cm³/mol. The van der Waals surface area contributed by atoms with Crippen molar-refractivity contribution in [2.45, 2.75) is 12.8 Å². The summed E-state index contributed by atoms with van der Waals surface area (Å²) in [6, 6.07) is 9.15. The molecular weight excluding hydrogens is 204 g/mol. The van der Waals surface area contributed by atoms with Crippen LogP contribution < -0.4 is 0 Å². The van der Waals surface area contributed by atoms with Crippen molar-refractivity contribution in [1.29, 1.82) is 5.26 Å². The monoisotopic (exact) mass is 218 g/mol. The summed E-state index contributed by atoms with van der Waals surface area (Å²) in [6.45, 7) is 1.72. The Hall–Kier alpha value is -1.70. The van der Waals surface area contributed by atoms with Crippen LogP contribution in [-0.2, 0) is 9.47 Å². The molecule has 0 heterocycles. The highest BCUT2D eigenvalue weighted by molar-refractivity contribution is 5.79. The molecule has 0 unspecified atom stereocenters. The Kier molecular flexibility index (Phi) is 4.18. The van der Waals surface area contributed by atoms with Gasteiger partial charge in [0, 0.05) is 27.4 Å². The van der Waals surface area contributed by atoms with Gasteiger partial charge >= 0.3 is 0 Å². The number of rotatable bonds is 4. The van der Waals surface area contributed by atoms with Crippen LogP contribution in [0.15, 0.2) is 29.3 Å². The first-order valence-electron chi connectivity index (χ1n) is 4.79. The molecule has 1 rings (SSSR count). The van der Waals surface area contributed by atoms with Gasteiger partial charge in [0.2, 0.25) is 0 Å². The van der Waals surface area contributed by atoms with Gasteiger partial charge in [-0.3, -0.25) is 0 Å². The zero-order chi connectivity index (χ0) is 12.0. The second-order valence-electron chi connectivity index (χ2n) is 3.30. The van der Waals surface area contributed by atoms with Crippen molar-refractivity contribution in [2.75, 3.05) is 14.2 Å². The third-order valence-electron chi connectivity index (χ3n) is 2.25. The third-order valence-corrected chi connectivity index (χ3v) is 2.25. The van der Waals surface area contributed by atoms with Gasteiger partial charge in [-0.1, -0.05) is 12.1 Å². The van der Waals surface area contributed by atoms with Crippen LogP contribution in [0.5, 0.6) is 0 Å². The summed E-state index contributed by atoms with van der Waals surface area (Å²) in [4.78, 5) is 4.17. The zero-order valence-corrected chi connectivity index (χ0v) is 9.60. The van der Waals surface area contributed by atoms with Gasteiger partial charge in [-0.25, -0.2) is 4.99 Å². The minimum absolute atomic E-state index is 0.624. The van der Waals surface area contributed by atoms with E-state index < -0.39 is 5.91 Å². The topological polar surface area (TPSA) is 54.6 Å². The molecule has 0 bridgehead atoms. The summed E-state index contributed by atoms with van der Waals surface area (Å²) in [5.41, 5.74) is 1.51. The average molecular weight is 218 g/mol. The molecule has 0 aliphatic heterocycles. The molecule has 0 aliphatic carbocycles. The molecule has 16 heavy (non-hydrogen) atoms. The van der Waals surface area contributed by atoms with E-state index in [-0.39, 0.29) is 0 Å². The number of hydrogen-bond donors (Lipinski definition) is 0. The maximum Gasteiger partial charge on any atom is 0.265 e. The number of ether oxygens (including phenoxy) is 2. The Morgan fingerprint density at radius 1 is 1.25 bits per heavy atom. The standard InChI is InChI=1S/C12H14N2O2/c1-12(15-2,16-3)14-9-11-6-4-10(8-13)5-7-11/h4-7,9H,1-3H3/b14-9+. The second-order valence-corrected chi connectivity index (χ2v) is 3.30. The number of nitriles is 1. The first kappa shape index (κ1) is 12.4. The van der Waals surface area contributed by atoms with Crippen molar-refractivity contribution in [3.63, 3.8) is 0 Å².